The van der Waals surface area contributed by atoms with Gasteiger partial charge in [-0.2, -0.15) is 0 Å². The topological polar surface area (TPSA) is 110 Å². The number of hydrogen-bond acceptors (Lipinski definition) is 4. The zero-order valence-corrected chi connectivity index (χ0v) is 11.9. The zero-order chi connectivity index (χ0) is 14.9. The largest absolute Gasteiger partial charge is 0.478 e. The predicted molar refractivity (Wildman–Crippen MR) is 73.7 cm³/mol. The first-order chi connectivity index (χ1) is 9.38. The summed E-state index contributed by atoms with van der Waals surface area (Å²) in [5.74, 6) is -1.06. The van der Waals surface area contributed by atoms with Crippen LogP contribution in [0.2, 0.25) is 0 Å². The number of likely N-dealkylation sites (tertiary alicyclic amines) is 1. The third-order valence-electron chi connectivity index (χ3n) is 3.00. The summed E-state index contributed by atoms with van der Waals surface area (Å²) < 4.78 is 0.436. The third kappa shape index (κ3) is 3.09. The summed E-state index contributed by atoms with van der Waals surface area (Å²) in [6.07, 6.45) is -1.89. The van der Waals surface area contributed by atoms with E-state index >= 15 is 0 Å². The van der Waals surface area contributed by atoms with E-state index in [9.17, 15) is 19.8 Å². The zero-order valence-electron chi connectivity index (χ0n) is 10.3. The highest BCUT2D eigenvalue weighted by molar-refractivity contribution is 9.10. The molecule has 0 bridgehead atoms. The molecule has 0 aromatic heterocycles. The van der Waals surface area contributed by atoms with E-state index < -0.39 is 24.2 Å². The normalized spacial score (nSPS) is 21.9. The summed E-state index contributed by atoms with van der Waals surface area (Å²) >= 11 is 3.18. The summed E-state index contributed by atoms with van der Waals surface area (Å²) in [6.45, 7) is 0.107. The van der Waals surface area contributed by atoms with Gasteiger partial charge in [-0.25, -0.2) is 9.59 Å². The number of benzene rings is 1. The second kappa shape index (κ2) is 5.78. The average molecular weight is 345 g/mol. The monoisotopic (exact) mass is 344 g/mol. The Kier molecular flexibility index (Phi) is 4.26. The maximum absolute atomic E-state index is 11.9. The number of rotatable bonds is 2. The molecule has 1 fully saturated rings. The molecule has 4 N–H and O–H groups in total. The van der Waals surface area contributed by atoms with E-state index in [1.807, 2.05) is 0 Å². The van der Waals surface area contributed by atoms with Gasteiger partial charge < -0.3 is 25.5 Å². The highest BCUT2D eigenvalue weighted by atomic mass is 79.9. The molecule has 2 rings (SSSR count). The van der Waals surface area contributed by atoms with Crippen molar-refractivity contribution in [1.29, 1.82) is 0 Å². The van der Waals surface area contributed by atoms with Gasteiger partial charge in [0.15, 0.2) is 0 Å². The summed E-state index contributed by atoms with van der Waals surface area (Å²) in [4.78, 5) is 24.0. The van der Waals surface area contributed by atoms with Gasteiger partial charge in [-0.15, -0.1) is 0 Å². The number of carboxylic acid groups (broad SMARTS) is 1. The van der Waals surface area contributed by atoms with Gasteiger partial charge in [-0.1, -0.05) is 0 Å². The Morgan fingerprint density at radius 3 is 2.35 bits per heavy atom. The lowest BCUT2D eigenvalue weighted by Gasteiger charge is -2.17. The van der Waals surface area contributed by atoms with Crippen LogP contribution in [0.5, 0.6) is 0 Å². The van der Waals surface area contributed by atoms with Gasteiger partial charge >= 0.3 is 12.0 Å². The number of carbonyl (C=O) groups excluding carboxylic acids is 1. The van der Waals surface area contributed by atoms with Crippen molar-refractivity contribution in [3.05, 3.63) is 28.2 Å². The molecule has 1 aromatic rings. The van der Waals surface area contributed by atoms with Crippen LogP contribution in [0.3, 0.4) is 0 Å². The number of aliphatic hydroxyl groups excluding tert-OH is 2. The van der Waals surface area contributed by atoms with Gasteiger partial charge in [-0.3, -0.25) is 0 Å². The van der Waals surface area contributed by atoms with Crippen LogP contribution in [0.1, 0.15) is 10.4 Å². The molecule has 1 aliphatic rings. The van der Waals surface area contributed by atoms with Crippen molar-refractivity contribution >= 4 is 33.6 Å². The van der Waals surface area contributed by atoms with E-state index in [0.717, 1.165) is 0 Å². The molecule has 0 aliphatic carbocycles. The maximum atomic E-state index is 11.9. The predicted octanol–water partition coefficient (Wildman–Crippen LogP) is 0.717. The fourth-order valence-electron chi connectivity index (χ4n) is 1.88. The number of hydrogen-bond donors (Lipinski definition) is 4. The van der Waals surface area contributed by atoms with Crippen LogP contribution in [0.15, 0.2) is 22.7 Å². The first-order valence-corrected chi connectivity index (χ1v) is 6.62. The Hall–Kier alpha value is -1.64. The van der Waals surface area contributed by atoms with Gasteiger partial charge in [-0.05, 0) is 34.1 Å². The average Bonchev–Trinajstić information content (AvgIpc) is 2.72. The highest BCUT2D eigenvalue weighted by Crippen LogP contribution is 2.24. The Morgan fingerprint density at radius 1 is 1.25 bits per heavy atom. The van der Waals surface area contributed by atoms with Crippen molar-refractivity contribution in [3.63, 3.8) is 0 Å². The van der Waals surface area contributed by atoms with Gasteiger partial charge in [0.1, 0.15) is 0 Å². The second-order valence-electron chi connectivity index (χ2n) is 4.47. The molecule has 108 valence electrons. The van der Waals surface area contributed by atoms with Crippen LogP contribution < -0.4 is 5.32 Å². The molecular formula is C12H13BrN2O5. The van der Waals surface area contributed by atoms with Crippen molar-refractivity contribution < 1.29 is 24.9 Å². The number of β-amino-alcohol motifs (C(OH)–C–C–N with tert-alkyl or cyclic N) is 2. The molecule has 8 heteroatoms. The Bertz CT molecular complexity index is 541. The van der Waals surface area contributed by atoms with Crippen molar-refractivity contribution in [3.8, 4) is 0 Å². The van der Waals surface area contributed by atoms with Crippen molar-refractivity contribution in [2.24, 2.45) is 0 Å². The number of nitrogens with zero attached hydrogens (tertiary/aromatic N) is 1. The molecule has 2 amide bonds. The first kappa shape index (κ1) is 14.8. The lowest BCUT2D eigenvalue weighted by Crippen LogP contribution is -2.34. The summed E-state index contributed by atoms with van der Waals surface area (Å²) in [7, 11) is 0. The van der Waals surface area contributed by atoms with E-state index in [4.69, 9.17) is 5.11 Å². The number of carbonyl (C=O) groups is 2. The number of nitrogens with one attached hydrogen (secondary N) is 1. The number of urea groups is 1. The molecule has 1 aromatic carbocycles. The molecule has 0 radical (unpaired) electrons. The maximum Gasteiger partial charge on any atom is 0.335 e. The van der Waals surface area contributed by atoms with Gasteiger partial charge in [0.2, 0.25) is 0 Å². The summed E-state index contributed by atoms with van der Waals surface area (Å²) in [5, 5.41) is 30.2. The van der Waals surface area contributed by atoms with Crippen LogP contribution in [-0.4, -0.2) is 57.5 Å². The van der Waals surface area contributed by atoms with E-state index in [-0.39, 0.29) is 18.7 Å². The second-order valence-corrected chi connectivity index (χ2v) is 5.32. The minimum absolute atomic E-state index is 0.0534. The minimum Gasteiger partial charge on any atom is -0.478 e. The molecule has 2 atom stereocenters. The number of aromatic carboxylic acids is 1. The fraction of sp³-hybridized carbons (Fsp3) is 0.333. The minimum atomic E-state index is -1.06. The molecule has 0 spiro atoms. The van der Waals surface area contributed by atoms with Crippen LogP contribution in [0.4, 0.5) is 10.5 Å². The third-order valence-corrected chi connectivity index (χ3v) is 3.66. The molecule has 1 saturated heterocycles. The number of halogens is 1. The molecule has 1 aliphatic heterocycles. The molecule has 20 heavy (non-hydrogen) atoms. The molecular weight excluding hydrogens is 332 g/mol. The highest BCUT2D eigenvalue weighted by Gasteiger charge is 2.32. The molecule has 1 heterocycles. The lowest BCUT2D eigenvalue weighted by atomic mass is 10.2. The number of anilines is 1. The van der Waals surface area contributed by atoms with E-state index in [1.54, 1.807) is 0 Å². The number of carboxylic acids is 1. The number of amides is 2. The fourth-order valence-corrected chi connectivity index (χ4v) is 2.36. The van der Waals surface area contributed by atoms with Crippen molar-refractivity contribution in [1.82, 2.24) is 4.90 Å². The van der Waals surface area contributed by atoms with Crippen LogP contribution in [-0.2, 0) is 0 Å². The SMILES string of the molecule is O=C(O)c1ccc(NC(=O)N2CC(O)C(O)C2)c(Br)c1. The molecule has 2 unspecified atom stereocenters. The summed E-state index contributed by atoms with van der Waals surface area (Å²) in [5.41, 5.74) is 0.512. The molecule has 7 nitrogen and oxygen atoms in total. The van der Waals surface area contributed by atoms with Crippen LogP contribution in [0, 0.1) is 0 Å². The Morgan fingerprint density at radius 2 is 1.85 bits per heavy atom. The lowest BCUT2D eigenvalue weighted by molar-refractivity contribution is 0.0572. The van der Waals surface area contributed by atoms with Crippen LogP contribution in [0.25, 0.3) is 0 Å². The quantitative estimate of drug-likeness (QED) is 0.631. The number of aliphatic hydroxyl groups is 2. The standard InChI is InChI=1S/C12H13BrN2O5/c13-7-3-6(11(18)19)1-2-8(7)14-12(20)15-4-9(16)10(17)5-15/h1-3,9-10,16-17H,4-5H2,(H,14,20)(H,18,19). The van der Waals surface area contributed by atoms with Gasteiger partial charge in [0.05, 0.1) is 36.5 Å². The Labute approximate surface area is 122 Å². The van der Waals surface area contributed by atoms with E-state index in [0.29, 0.717) is 10.2 Å². The van der Waals surface area contributed by atoms with E-state index in [2.05, 4.69) is 21.2 Å². The van der Waals surface area contributed by atoms with Crippen LogP contribution >= 0.6 is 15.9 Å². The van der Waals surface area contributed by atoms with Crippen molar-refractivity contribution in [2.75, 3.05) is 18.4 Å². The van der Waals surface area contributed by atoms with Gasteiger partial charge in [0, 0.05) is 4.47 Å². The smallest absolute Gasteiger partial charge is 0.335 e. The first-order valence-electron chi connectivity index (χ1n) is 5.83. The Balaban J connectivity index is 2.07. The van der Waals surface area contributed by atoms with E-state index in [1.165, 1.54) is 23.1 Å². The summed E-state index contributed by atoms with van der Waals surface area (Å²) in [6, 6.07) is 3.75. The molecule has 0 saturated carbocycles. The van der Waals surface area contributed by atoms with Crippen molar-refractivity contribution in [2.45, 2.75) is 12.2 Å². The van der Waals surface area contributed by atoms with Gasteiger partial charge in [0.25, 0.3) is 0 Å².